The predicted octanol–water partition coefficient (Wildman–Crippen LogP) is 0.0844. The third-order valence-corrected chi connectivity index (χ3v) is 4.10. The fourth-order valence-electron chi connectivity index (χ4n) is 2.56. The molecule has 0 bridgehead atoms. The first-order chi connectivity index (χ1) is 13.2. The summed E-state index contributed by atoms with van der Waals surface area (Å²) < 4.78 is 13.4. The van der Waals surface area contributed by atoms with Crippen molar-refractivity contribution in [3.8, 4) is 0 Å². The second kappa shape index (κ2) is 8.87. The minimum absolute atomic E-state index is 0.280. The Bertz CT molecular complexity index is 824. The van der Waals surface area contributed by atoms with E-state index in [4.69, 9.17) is 10.5 Å². The van der Waals surface area contributed by atoms with E-state index in [-0.39, 0.29) is 12.4 Å². The number of hydrogen-bond acceptors (Lipinski definition) is 7. The lowest BCUT2D eigenvalue weighted by Crippen LogP contribution is -2.47. The Morgan fingerprint density at radius 2 is 2.00 bits per heavy atom. The summed E-state index contributed by atoms with van der Waals surface area (Å²) in [5.74, 6) is -1.67. The summed E-state index contributed by atoms with van der Waals surface area (Å²) in [6.45, 7) is 2.51. The molecule has 0 heterocycles. The molecule has 0 spiro atoms. The van der Waals surface area contributed by atoms with Crippen LogP contribution < -0.4 is 16.3 Å². The number of aliphatic hydroxyl groups is 1. The number of halogens is 1. The largest absolute Gasteiger partial charge is 0.394 e. The molecule has 1 atom stereocenters. The monoisotopic (exact) mass is 394 g/mol. The fraction of sp³-hybridized carbons (Fsp3) is 0.412. The number of rotatable bonds is 7. The van der Waals surface area contributed by atoms with Gasteiger partial charge in [0.15, 0.2) is 11.7 Å². The van der Waals surface area contributed by atoms with E-state index in [1.807, 2.05) is 0 Å². The molecule has 0 saturated heterocycles. The SMILES string of the molecule is CC(C)(CO)NC(=O)CN=C(NO)C(=N)C(=NC1Cc2ccc(F)cc21)NO. The summed E-state index contributed by atoms with van der Waals surface area (Å²) in [6.07, 6.45) is 0.506. The summed E-state index contributed by atoms with van der Waals surface area (Å²) >= 11 is 0. The van der Waals surface area contributed by atoms with Crippen LogP contribution in [0.3, 0.4) is 0 Å². The molecule has 1 aliphatic carbocycles. The quantitative estimate of drug-likeness (QED) is 0.197. The highest BCUT2D eigenvalue weighted by molar-refractivity contribution is 6.66. The number of fused-ring (bicyclic) bond motifs is 1. The van der Waals surface area contributed by atoms with Crippen LogP contribution >= 0.6 is 0 Å². The molecule has 11 heteroatoms. The molecule has 0 radical (unpaired) electrons. The Kier molecular flexibility index (Phi) is 6.78. The smallest absolute Gasteiger partial charge is 0.242 e. The number of amides is 1. The van der Waals surface area contributed by atoms with Gasteiger partial charge in [-0.3, -0.25) is 41.6 Å². The van der Waals surface area contributed by atoms with E-state index < -0.39 is 41.4 Å². The van der Waals surface area contributed by atoms with Crippen molar-refractivity contribution in [2.24, 2.45) is 9.98 Å². The first-order valence-corrected chi connectivity index (χ1v) is 8.42. The Labute approximate surface area is 160 Å². The van der Waals surface area contributed by atoms with Crippen LogP contribution in [0.4, 0.5) is 4.39 Å². The third kappa shape index (κ3) is 5.09. The highest BCUT2D eigenvalue weighted by Crippen LogP contribution is 2.36. The summed E-state index contributed by atoms with van der Waals surface area (Å²) in [5.41, 5.74) is 3.66. The van der Waals surface area contributed by atoms with Gasteiger partial charge in [0.05, 0.1) is 18.2 Å². The van der Waals surface area contributed by atoms with Gasteiger partial charge in [0, 0.05) is 0 Å². The van der Waals surface area contributed by atoms with Crippen molar-refractivity contribution in [1.29, 1.82) is 5.41 Å². The minimum Gasteiger partial charge on any atom is -0.394 e. The van der Waals surface area contributed by atoms with Crippen LogP contribution in [0.15, 0.2) is 28.2 Å². The Hall–Kier alpha value is -2.89. The molecular formula is C17H23FN6O4. The van der Waals surface area contributed by atoms with E-state index in [0.717, 1.165) is 5.56 Å². The predicted molar refractivity (Wildman–Crippen MR) is 99.5 cm³/mol. The van der Waals surface area contributed by atoms with Gasteiger partial charge in [-0.25, -0.2) is 4.39 Å². The van der Waals surface area contributed by atoms with Gasteiger partial charge in [0.1, 0.15) is 18.1 Å². The maximum atomic E-state index is 13.4. The standard InChI is InChI=1S/C17H23FN6O4/c1-17(2,8-25)22-13(26)7-20-15(23-27)14(19)16(24-28)21-12-5-9-3-4-10(18)6-11(9)12/h3-4,6,12,19,25,27-28H,5,7-8H2,1-2H3,(H,20,23)(H,21,24)(H,22,26). The number of carbonyl (C=O) groups is 1. The highest BCUT2D eigenvalue weighted by Gasteiger charge is 2.28. The molecule has 1 amide bonds. The van der Waals surface area contributed by atoms with Gasteiger partial charge in [-0.15, -0.1) is 0 Å². The average molecular weight is 394 g/mol. The summed E-state index contributed by atoms with van der Waals surface area (Å²) in [5, 5.41) is 38.2. The molecule has 7 N–H and O–H groups in total. The molecule has 0 aromatic heterocycles. The van der Waals surface area contributed by atoms with Crippen LogP contribution in [0.25, 0.3) is 0 Å². The number of carbonyl (C=O) groups excluding carboxylic acids is 1. The van der Waals surface area contributed by atoms with Crippen molar-refractivity contribution < 1.29 is 24.7 Å². The van der Waals surface area contributed by atoms with Gasteiger partial charge in [0.2, 0.25) is 5.91 Å². The summed E-state index contributed by atoms with van der Waals surface area (Å²) in [6, 6.07) is 3.85. The van der Waals surface area contributed by atoms with E-state index >= 15 is 0 Å². The lowest BCUT2D eigenvalue weighted by molar-refractivity contribution is -0.121. The number of aliphatic imine (C=N–C) groups is 2. The zero-order chi connectivity index (χ0) is 20.9. The van der Waals surface area contributed by atoms with Gasteiger partial charge >= 0.3 is 0 Å². The lowest BCUT2D eigenvalue weighted by atomic mass is 9.83. The molecule has 1 unspecified atom stereocenters. The van der Waals surface area contributed by atoms with Gasteiger partial charge in [-0.1, -0.05) is 6.07 Å². The number of nitrogens with zero attached hydrogens (tertiary/aromatic N) is 2. The first-order valence-electron chi connectivity index (χ1n) is 8.42. The van der Waals surface area contributed by atoms with Crippen LogP contribution in [0.1, 0.15) is 31.0 Å². The molecule has 10 nitrogen and oxygen atoms in total. The fourth-order valence-corrected chi connectivity index (χ4v) is 2.56. The third-order valence-electron chi connectivity index (χ3n) is 4.10. The number of aliphatic hydroxyl groups excluding tert-OH is 1. The van der Waals surface area contributed by atoms with E-state index in [1.165, 1.54) is 12.1 Å². The number of amidine groups is 2. The minimum atomic E-state index is -0.848. The molecular weight excluding hydrogens is 371 g/mol. The van der Waals surface area contributed by atoms with Crippen LogP contribution in [-0.4, -0.2) is 57.5 Å². The average Bonchev–Trinajstić information content (AvgIpc) is 2.64. The van der Waals surface area contributed by atoms with Crippen LogP contribution in [-0.2, 0) is 11.2 Å². The van der Waals surface area contributed by atoms with Crippen molar-refractivity contribution in [3.05, 3.63) is 35.1 Å². The van der Waals surface area contributed by atoms with E-state index in [2.05, 4.69) is 15.3 Å². The van der Waals surface area contributed by atoms with Gasteiger partial charge < -0.3 is 10.4 Å². The number of hydrogen-bond donors (Lipinski definition) is 7. The Morgan fingerprint density at radius 1 is 1.32 bits per heavy atom. The van der Waals surface area contributed by atoms with Crippen LogP contribution in [0.5, 0.6) is 0 Å². The summed E-state index contributed by atoms with van der Waals surface area (Å²) in [7, 11) is 0. The molecule has 0 aliphatic heterocycles. The van der Waals surface area contributed by atoms with Gasteiger partial charge in [-0.05, 0) is 43.5 Å². The van der Waals surface area contributed by atoms with Crippen molar-refractivity contribution in [1.82, 2.24) is 16.3 Å². The molecule has 2 rings (SSSR count). The Balaban J connectivity index is 2.10. The molecule has 1 aliphatic rings. The van der Waals surface area contributed by atoms with Crippen LogP contribution in [0.2, 0.25) is 0 Å². The first kappa shape index (κ1) is 21.4. The van der Waals surface area contributed by atoms with Crippen molar-refractivity contribution in [2.45, 2.75) is 31.8 Å². The zero-order valence-electron chi connectivity index (χ0n) is 15.5. The maximum absolute atomic E-state index is 13.4. The zero-order valence-corrected chi connectivity index (χ0v) is 15.5. The number of benzene rings is 1. The second-order valence-corrected chi connectivity index (χ2v) is 6.89. The van der Waals surface area contributed by atoms with Gasteiger partial charge in [0.25, 0.3) is 0 Å². The van der Waals surface area contributed by atoms with Crippen molar-refractivity contribution in [3.63, 3.8) is 0 Å². The maximum Gasteiger partial charge on any atom is 0.242 e. The molecule has 1 aromatic rings. The molecule has 1 aromatic carbocycles. The van der Waals surface area contributed by atoms with Crippen molar-refractivity contribution in [2.75, 3.05) is 13.2 Å². The molecule has 0 fully saturated rings. The van der Waals surface area contributed by atoms with E-state index in [1.54, 1.807) is 30.9 Å². The summed E-state index contributed by atoms with van der Waals surface area (Å²) in [4.78, 5) is 19.8. The van der Waals surface area contributed by atoms with Crippen molar-refractivity contribution >= 4 is 23.3 Å². The molecule has 0 saturated carbocycles. The lowest BCUT2D eigenvalue weighted by Gasteiger charge is -2.27. The van der Waals surface area contributed by atoms with Gasteiger partial charge in [-0.2, -0.15) is 0 Å². The molecule has 28 heavy (non-hydrogen) atoms. The number of nitrogens with one attached hydrogen (secondary N) is 4. The van der Waals surface area contributed by atoms with Crippen LogP contribution in [0, 0.1) is 11.2 Å². The second-order valence-electron chi connectivity index (χ2n) is 6.89. The normalized spacial score (nSPS) is 16.7. The Morgan fingerprint density at radius 3 is 2.61 bits per heavy atom. The number of hydroxylamine groups is 2. The topological polar surface area (TPSA) is 162 Å². The highest BCUT2D eigenvalue weighted by atomic mass is 19.1. The molecule has 152 valence electrons. The van der Waals surface area contributed by atoms with E-state index in [0.29, 0.717) is 12.0 Å². The van der Waals surface area contributed by atoms with E-state index in [9.17, 15) is 19.6 Å².